The van der Waals surface area contributed by atoms with E-state index in [4.69, 9.17) is 21.4 Å². The summed E-state index contributed by atoms with van der Waals surface area (Å²) in [6.07, 6.45) is 2.73. The number of rotatable bonds is 8. The summed E-state index contributed by atoms with van der Waals surface area (Å²) in [5, 5.41) is 13.4. The number of hydrogen-bond donors (Lipinski definition) is 3. The van der Waals surface area contributed by atoms with Crippen LogP contribution in [0.25, 0.3) is 11.3 Å². The van der Waals surface area contributed by atoms with E-state index >= 15 is 0 Å². The van der Waals surface area contributed by atoms with Crippen molar-refractivity contribution in [2.75, 3.05) is 23.0 Å². The second-order valence-corrected chi connectivity index (χ2v) is 10.9. The van der Waals surface area contributed by atoms with Gasteiger partial charge in [0, 0.05) is 17.4 Å². The molecule has 0 aliphatic carbocycles. The number of carbonyl (C=O) groups is 1. The molecule has 0 spiro atoms. The van der Waals surface area contributed by atoms with E-state index in [9.17, 15) is 18.3 Å². The second kappa shape index (κ2) is 10.4. The minimum atomic E-state index is -3.59. The molecule has 2 unspecified atom stereocenters. The number of pyridine rings is 1. The monoisotopic (exact) mass is 564 g/mol. The molecule has 4 aromatic rings. The summed E-state index contributed by atoms with van der Waals surface area (Å²) in [6.45, 7) is 0. The third-order valence-corrected chi connectivity index (χ3v) is 7.10. The summed E-state index contributed by atoms with van der Waals surface area (Å²) in [6, 6.07) is 19.7. The van der Waals surface area contributed by atoms with Crippen molar-refractivity contribution >= 4 is 44.7 Å². The molecule has 1 fully saturated rings. The predicted molar refractivity (Wildman–Crippen MR) is 150 cm³/mol. The fraction of sp³-hybridized carbons (Fsp3) is 0.148. The fourth-order valence-corrected chi connectivity index (χ4v) is 5.49. The van der Waals surface area contributed by atoms with Crippen LogP contribution in [-0.4, -0.2) is 43.0 Å². The molecule has 1 aliphatic rings. The first-order chi connectivity index (χ1) is 18.7. The molecule has 12 heteroatoms. The number of benzene rings is 2. The van der Waals surface area contributed by atoms with Crippen molar-refractivity contribution in [3.8, 4) is 17.1 Å². The van der Waals surface area contributed by atoms with Crippen LogP contribution in [0, 0.1) is 0 Å². The van der Waals surface area contributed by atoms with Gasteiger partial charge < -0.3 is 24.5 Å². The Kier molecular flexibility index (Phi) is 6.98. The van der Waals surface area contributed by atoms with Crippen LogP contribution in [0.5, 0.6) is 5.75 Å². The van der Waals surface area contributed by atoms with Crippen LogP contribution >= 0.6 is 12.2 Å². The highest BCUT2D eigenvalue weighted by Crippen LogP contribution is 2.44. The van der Waals surface area contributed by atoms with Gasteiger partial charge >= 0.3 is 5.97 Å². The average molecular weight is 565 g/mol. The zero-order valence-electron chi connectivity index (χ0n) is 20.9. The van der Waals surface area contributed by atoms with Crippen molar-refractivity contribution in [1.29, 1.82) is 0 Å². The number of carboxylic acids is 1. The quantitative estimate of drug-likeness (QED) is 0.261. The third kappa shape index (κ3) is 5.29. The standard InChI is InChI=1S/C27H24N4O6S2/c1-36-22-11-10-16(15-20(22)30-39(2,34)35)31-25(24(29-27(31)38)19-9-5-6-14-28-19)23-13-12-21(37-23)17-7-3-4-8-18(17)26(32)33/h3-15,24-25,30H,1-2H3,(H,29,38)(H,32,33). The number of nitrogens with zero attached hydrogens (tertiary/aromatic N) is 2. The van der Waals surface area contributed by atoms with Crippen molar-refractivity contribution in [3.05, 3.63) is 96.0 Å². The van der Waals surface area contributed by atoms with Crippen molar-refractivity contribution < 1.29 is 27.5 Å². The van der Waals surface area contributed by atoms with Gasteiger partial charge in [-0.05, 0) is 60.7 Å². The smallest absolute Gasteiger partial charge is 0.336 e. The molecule has 1 saturated heterocycles. The highest BCUT2D eigenvalue weighted by atomic mass is 32.2. The number of thiocarbonyl (C=S) groups is 1. The molecule has 0 bridgehead atoms. The van der Waals surface area contributed by atoms with E-state index < -0.39 is 28.1 Å². The molecule has 0 amide bonds. The van der Waals surface area contributed by atoms with Crippen LogP contribution in [0.3, 0.4) is 0 Å². The summed E-state index contributed by atoms with van der Waals surface area (Å²) in [4.78, 5) is 18.1. The number of anilines is 2. The van der Waals surface area contributed by atoms with Crippen LogP contribution < -0.4 is 19.7 Å². The van der Waals surface area contributed by atoms with Gasteiger partial charge in [-0.15, -0.1) is 0 Å². The second-order valence-electron chi connectivity index (χ2n) is 8.81. The summed E-state index contributed by atoms with van der Waals surface area (Å²) < 4.78 is 38.2. The van der Waals surface area contributed by atoms with E-state index in [0.717, 1.165) is 6.26 Å². The largest absolute Gasteiger partial charge is 0.495 e. The van der Waals surface area contributed by atoms with Crippen LogP contribution in [0.2, 0.25) is 0 Å². The number of furan rings is 1. The number of carboxylic acid groups (broad SMARTS) is 1. The molecular weight excluding hydrogens is 540 g/mol. The molecule has 2 atom stereocenters. The number of ether oxygens (including phenoxy) is 1. The summed E-state index contributed by atoms with van der Waals surface area (Å²) in [5.74, 6) is 0.159. The topological polar surface area (TPSA) is 134 Å². The molecule has 3 heterocycles. The molecule has 10 nitrogen and oxygen atoms in total. The Bertz CT molecular complexity index is 1660. The Morgan fingerprint density at radius 1 is 1.13 bits per heavy atom. The van der Waals surface area contributed by atoms with Gasteiger partial charge in [-0.1, -0.05) is 24.3 Å². The Labute approximate surface area is 230 Å². The van der Waals surface area contributed by atoms with Crippen molar-refractivity contribution in [2.24, 2.45) is 0 Å². The molecular formula is C27H24N4O6S2. The van der Waals surface area contributed by atoms with E-state index in [2.05, 4.69) is 15.0 Å². The van der Waals surface area contributed by atoms with Crippen molar-refractivity contribution in [3.63, 3.8) is 0 Å². The first-order valence-electron chi connectivity index (χ1n) is 11.7. The van der Waals surface area contributed by atoms with Gasteiger partial charge in [0.15, 0.2) is 5.11 Å². The van der Waals surface area contributed by atoms with Crippen LogP contribution in [0.15, 0.2) is 83.4 Å². The number of nitrogens with one attached hydrogen (secondary N) is 2. The Morgan fingerprint density at radius 3 is 2.59 bits per heavy atom. The number of aromatic nitrogens is 1. The average Bonchev–Trinajstić information content (AvgIpc) is 3.53. The number of aromatic carboxylic acids is 1. The number of methoxy groups -OCH3 is 1. The lowest BCUT2D eigenvalue weighted by Crippen LogP contribution is -2.29. The Morgan fingerprint density at radius 2 is 1.90 bits per heavy atom. The lowest BCUT2D eigenvalue weighted by atomic mass is 10.0. The maximum absolute atomic E-state index is 12.0. The first kappa shape index (κ1) is 26.2. The molecule has 3 N–H and O–H groups in total. The Hall–Kier alpha value is -4.42. The minimum absolute atomic E-state index is 0.114. The molecule has 0 radical (unpaired) electrons. The van der Waals surface area contributed by atoms with Gasteiger partial charge in [-0.3, -0.25) is 9.71 Å². The lowest BCUT2D eigenvalue weighted by molar-refractivity contribution is 0.0697. The highest BCUT2D eigenvalue weighted by molar-refractivity contribution is 7.92. The van der Waals surface area contributed by atoms with Gasteiger partial charge in [0.2, 0.25) is 10.0 Å². The first-order valence-corrected chi connectivity index (χ1v) is 14.0. The Balaban J connectivity index is 1.63. The van der Waals surface area contributed by atoms with E-state index in [1.165, 1.54) is 13.2 Å². The highest BCUT2D eigenvalue weighted by Gasteiger charge is 2.43. The normalized spacial score (nSPS) is 17.1. The summed E-state index contributed by atoms with van der Waals surface area (Å²) in [5.41, 5.74) is 2.08. The number of sulfonamides is 1. The molecule has 2 aromatic heterocycles. The molecule has 1 aliphatic heterocycles. The third-order valence-electron chi connectivity index (χ3n) is 6.20. The van der Waals surface area contributed by atoms with Crippen LogP contribution in [-0.2, 0) is 10.0 Å². The molecule has 39 heavy (non-hydrogen) atoms. The maximum atomic E-state index is 12.0. The zero-order valence-corrected chi connectivity index (χ0v) is 22.5. The lowest BCUT2D eigenvalue weighted by Gasteiger charge is -2.27. The molecule has 2 aromatic carbocycles. The summed E-state index contributed by atoms with van der Waals surface area (Å²) in [7, 11) is -2.15. The van der Waals surface area contributed by atoms with E-state index in [1.54, 1.807) is 54.7 Å². The van der Waals surface area contributed by atoms with Crippen LogP contribution in [0.4, 0.5) is 11.4 Å². The van der Waals surface area contributed by atoms with Gasteiger partial charge in [0.05, 0.1) is 36.4 Å². The van der Waals surface area contributed by atoms with E-state index in [1.807, 2.05) is 23.1 Å². The minimum Gasteiger partial charge on any atom is -0.495 e. The number of hydrogen-bond acceptors (Lipinski definition) is 7. The fourth-order valence-electron chi connectivity index (χ4n) is 4.59. The van der Waals surface area contributed by atoms with Gasteiger partial charge in [-0.25, -0.2) is 13.2 Å². The molecule has 200 valence electrons. The zero-order chi connectivity index (χ0) is 27.7. The van der Waals surface area contributed by atoms with Crippen LogP contribution in [0.1, 0.15) is 33.9 Å². The predicted octanol–water partition coefficient (Wildman–Crippen LogP) is 4.60. The van der Waals surface area contributed by atoms with E-state index in [-0.39, 0.29) is 11.3 Å². The van der Waals surface area contributed by atoms with Gasteiger partial charge in [0.1, 0.15) is 23.3 Å². The molecule has 0 saturated carbocycles. The van der Waals surface area contributed by atoms with Gasteiger partial charge in [-0.2, -0.15) is 0 Å². The molecule has 5 rings (SSSR count). The van der Waals surface area contributed by atoms with Crippen molar-refractivity contribution in [1.82, 2.24) is 10.3 Å². The van der Waals surface area contributed by atoms with Gasteiger partial charge in [0.25, 0.3) is 0 Å². The van der Waals surface area contributed by atoms with E-state index in [0.29, 0.717) is 39.3 Å². The SMILES string of the molecule is COc1ccc(N2C(=S)NC(c3ccccn3)C2c2ccc(-c3ccccc3C(=O)O)o2)cc1NS(C)(=O)=O. The van der Waals surface area contributed by atoms with Crippen molar-refractivity contribution in [2.45, 2.75) is 12.1 Å². The summed E-state index contributed by atoms with van der Waals surface area (Å²) >= 11 is 5.74. The maximum Gasteiger partial charge on any atom is 0.336 e.